The molecule has 60 valence electrons. The lowest BCUT2D eigenvalue weighted by Gasteiger charge is -1.91. The summed E-state index contributed by atoms with van der Waals surface area (Å²) in [7, 11) is 0. The Morgan fingerprint density at radius 2 is 2.36 bits per heavy atom. The number of halogens is 1. The molecule has 0 radical (unpaired) electrons. The van der Waals surface area contributed by atoms with Crippen molar-refractivity contribution in [3.05, 3.63) is 20.8 Å². The molecule has 0 aliphatic carbocycles. The molecule has 0 spiro atoms. The van der Waals surface area contributed by atoms with Crippen molar-refractivity contribution in [1.29, 1.82) is 0 Å². The van der Waals surface area contributed by atoms with E-state index in [2.05, 4.69) is 0 Å². The molecule has 0 N–H and O–H groups in total. The first-order valence-electron chi connectivity index (χ1n) is 3.43. The van der Waals surface area contributed by atoms with Crippen molar-refractivity contribution in [1.82, 2.24) is 0 Å². The van der Waals surface area contributed by atoms with E-state index in [-0.39, 0.29) is 5.78 Å². The van der Waals surface area contributed by atoms with Crippen LogP contribution in [-0.2, 0) is 6.42 Å². The van der Waals surface area contributed by atoms with Crippen LogP contribution in [0, 0.1) is 0 Å². The van der Waals surface area contributed by atoms with Crippen LogP contribution in [0.1, 0.15) is 29.1 Å². The van der Waals surface area contributed by atoms with Gasteiger partial charge in [0.2, 0.25) is 0 Å². The normalized spacial score (nSPS) is 10.1. The van der Waals surface area contributed by atoms with E-state index in [0.717, 1.165) is 12.0 Å². The van der Waals surface area contributed by atoms with E-state index in [0.29, 0.717) is 9.90 Å². The quantitative estimate of drug-likeness (QED) is 0.652. The predicted octanol–water partition coefficient (Wildman–Crippen LogP) is 3.17. The van der Waals surface area contributed by atoms with Gasteiger partial charge in [-0.05, 0) is 17.4 Å². The zero-order valence-corrected chi connectivity index (χ0v) is 8.05. The summed E-state index contributed by atoms with van der Waals surface area (Å²) in [6.07, 6.45) is 0.891. The minimum absolute atomic E-state index is 0.0553. The van der Waals surface area contributed by atoms with Crippen molar-refractivity contribution < 1.29 is 4.79 Å². The molecule has 0 fully saturated rings. The highest BCUT2D eigenvalue weighted by Crippen LogP contribution is 2.28. The lowest BCUT2D eigenvalue weighted by Crippen LogP contribution is -1.87. The Morgan fingerprint density at radius 1 is 1.73 bits per heavy atom. The Hall–Kier alpha value is -0.340. The maximum atomic E-state index is 10.9. The van der Waals surface area contributed by atoms with E-state index in [4.69, 9.17) is 11.6 Å². The number of aryl methyl sites for hydroxylation is 1. The minimum atomic E-state index is 0.0553. The molecule has 0 aliphatic heterocycles. The fourth-order valence-corrected chi connectivity index (χ4v) is 2.32. The number of ketones is 1. The van der Waals surface area contributed by atoms with Gasteiger partial charge in [-0.2, -0.15) is 0 Å². The van der Waals surface area contributed by atoms with Gasteiger partial charge in [0.15, 0.2) is 5.78 Å². The summed E-state index contributed by atoms with van der Waals surface area (Å²) in [4.78, 5) is 11.6. The second-order valence-electron chi connectivity index (χ2n) is 2.31. The predicted molar refractivity (Wildman–Crippen MR) is 48.7 cm³/mol. The topological polar surface area (TPSA) is 17.1 Å². The molecule has 0 amide bonds. The van der Waals surface area contributed by atoms with E-state index >= 15 is 0 Å². The molecular formula is C8H9ClOS. The fourth-order valence-electron chi connectivity index (χ4n) is 0.855. The van der Waals surface area contributed by atoms with Crippen LogP contribution in [0.2, 0.25) is 5.02 Å². The van der Waals surface area contributed by atoms with Crippen molar-refractivity contribution in [2.75, 3.05) is 0 Å². The Morgan fingerprint density at radius 3 is 2.64 bits per heavy atom. The van der Waals surface area contributed by atoms with Crippen LogP contribution in [-0.4, -0.2) is 5.78 Å². The van der Waals surface area contributed by atoms with E-state index in [1.165, 1.54) is 18.3 Å². The van der Waals surface area contributed by atoms with E-state index in [9.17, 15) is 4.79 Å². The first-order valence-corrected chi connectivity index (χ1v) is 4.69. The summed E-state index contributed by atoms with van der Waals surface area (Å²) in [5.74, 6) is 0.0553. The fraction of sp³-hybridized carbons (Fsp3) is 0.375. The molecule has 0 saturated heterocycles. The van der Waals surface area contributed by atoms with Crippen LogP contribution in [0.4, 0.5) is 0 Å². The highest BCUT2D eigenvalue weighted by molar-refractivity contribution is 7.13. The summed E-state index contributed by atoms with van der Waals surface area (Å²) in [6, 6.07) is 0. The van der Waals surface area contributed by atoms with Crippen molar-refractivity contribution >= 4 is 28.7 Å². The van der Waals surface area contributed by atoms with Gasteiger partial charge >= 0.3 is 0 Å². The summed E-state index contributed by atoms with van der Waals surface area (Å²) >= 11 is 7.34. The second-order valence-corrected chi connectivity index (χ2v) is 3.57. The number of Topliss-reactive ketones (excluding diaryl/α,β-unsaturated/α-hetero) is 1. The number of hydrogen-bond acceptors (Lipinski definition) is 2. The monoisotopic (exact) mass is 188 g/mol. The van der Waals surface area contributed by atoms with Crippen LogP contribution >= 0.6 is 22.9 Å². The Balaban J connectivity index is 3.10. The average Bonchev–Trinajstić information content (AvgIpc) is 2.30. The van der Waals surface area contributed by atoms with Crippen LogP contribution in [0.3, 0.4) is 0 Å². The van der Waals surface area contributed by atoms with Crippen molar-refractivity contribution in [3.63, 3.8) is 0 Å². The zero-order chi connectivity index (χ0) is 8.43. The maximum Gasteiger partial charge on any atom is 0.171 e. The van der Waals surface area contributed by atoms with Crippen LogP contribution in [0.25, 0.3) is 0 Å². The first kappa shape index (κ1) is 8.75. The standard InChI is InChI=1S/C8H9ClOS/c1-3-6-4-11-8(5(2)10)7(6)9/h4H,3H2,1-2H3. The summed E-state index contributed by atoms with van der Waals surface area (Å²) in [5, 5.41) is 2.59. The smallest absolute Gasteiger partial charge is 0.171 e. The van der Waals surface area contributed by atoms with Gasteiger partial charge in [-0.1, -0.05) is 18.5 Å². The third-order valence-corrected chi connectivity index (χ3v) is 3.17. The molecule has 0 bridgehead atoms. The molecule has 1 aromatic heterocycles. The Bertz CT molecular complexity index is 278. The lowest BCUT2D eigenvalue weighted by atomic mass is 10.2. The summed E-state index contributed by atoms with van der Waals surface area (Å²) < 4.78 is 0. The number of rotatable bonds is 2. The van der Waals surface area contributed by atoms with Gasteiger partial charge < -0.3 is 0 Å². The zero-order valence-electron chi connectivity index (χ0n) is 6.48. The molecule has 0 aliphatic rings. The van der Waals surface area contributed by atoms with Gasteiger partial charge in [0.05, 0.1) is 9.90 Å². The molecule has 11 heavy (non-hydrogen) atoms. The number of carbonyl (C=O) groups is 1. The molecule has 1 nitrogen and oxygen atoms in total. The van der Waals surface area contributed by atoms with Gasteiger partial charge in [-0.3, -0.25) is 4.79 Å². The van der Waals surface area contributed by atoms with Crippen LogP contribution < -0.4 is 0 Å². The van der Waals surface area contributed by atoms with Gasteiger partial charge in [0.25, 0.3) is 0 Å². The van der Waals surface area contributed by atoms with E-state index < -0.39 is 0 Å². The average molecular weight is 189 g/mol. The van der Waals surface area contributed by atoms with Gasteiger partial charge in [0, 0.05) is 6.92 Å². The SMILES string of the molecule is CCc1csc(C(C)=O)c1Cl. The summed E-state index contributed by atoms with van der Waals surface area (Å²) in [5.41, 5.74) is 1.07. The largest absolute Gasteiger partial charge is 0.294 e. The molecule has 3 heteroatoms. The highest BCUT2D eigenvalue weighted by atomic mass is 35.5. The van der Waals surface area contributed by atoms with Gasteiger partial charge in [-0.15, -0.1) is 11.3 Å². The Kier molecular flexibility index (Phi) is 2.68. The minimum Gasteiger partial charge on any atom is -0.294 e. The van der Waals surface area contributed by atoms with Crippen LogP contribution in [0.15, 0.2) is 5.38 Å². The van der Waals surface area contributed by atoms with Crippen molar-refractivity contribution in [3.8, 4) is 0 Å². The molecule has 1 rings (SSSR count). The van der Waals surface area contributed by atoms with Crippen LogP contribution in [0.5, 0.6) is 0 Å². The van der Waals surface area contributed by atoms with Gasteiger partial charge in [-0.25, -0.2) is 0 Å². The van der Waals surface area contributed by atoms with Crippen molar-refractivity contribution in [2.24, 2.45) is 0 Å². The van der Waals surface area contributed by atoms with Gasteiger partial charge in [0.1, 0.15) is 0 Å². The second kappa shape index (κ2) is 3.37. The number of thiophene rings is 1. The molecule has 0 unspecified atom stereocenters. The number of hydrogen-bond donors (Lipinski definition) is 0. The van der Waals surface area contributed by atoms with Crippen molar-refractivity contribution in [2.45, 2.75) is 20.3 Å². The molecule has 0 saturated carbocycles. The molecule has 1 heterocycles. The van der Waals surface area contributed by atoms with E-state index in [1.54, 1.807) is 0 Å². The molecule has 1 aromatic rings. The summed E-state index contributed by atoms with van der Waals surface area (Å²) in [6.45, 7) is 3.56. The van der Waals surface area contributed by atoms with E-state index in [1.807, 2.05) is 12.3 Å². The highest BCUT2D eigenvalue weighted by Gasteiger charge is 2.10. The third-order valence-electron chi connectivity index (χ3n) is 1.50. The third kappa shape index (κ3) is 1.63. The first-order chi connectivity index (χ1) is 5.16. The molecular weight excluding hydrogens is 180 g/mol. The lowest BCUT2D eigenvalue weighted by molar-refractivity contribution is 0.102. The number of carbonyl (C=O) groups excluding carboxylic acids is 1. The maximum absolute atomic E-state index is 10.9. The molecule has 0 atom stereocenters. The molecule has 0 aromatic carbocycles. The Labute approximate surface area is 75.0 Å².